The van der Waals surface area contributed by atoms with E-state index in [1.54, 1.807) is 10.4 Å². The molecular formula is C12H20BrN3O2S2. The summed E-state index contributed by atoms with van der Waals surface area (Å²) in [6.45, 7) is 3.55. The largest absolute Gasteiger partial charge is 0.326 e. The van der Waals surface area contributed by atoms with Gasteiger partial charge in [-0.3, -0.25) is 0 Å². The third-order valence-electron chi connectivity index (χ3n) is 3.73. The van der Waals surface area contributed by atoms with Crippen LogP contribution < -0.4 is 5.73 Å². The third-order valence-corrected chi connectivity index (χ3v) is 7.83. The van der Waals surface area contributed by atoms with Crippen LogP contribution in [0.25, 0.3) is 0 Å². The molecule has 20 heavy (non-hydrogen) atoms. The lowest BCUT2D eigenvalue weighted by molar-refractivity contribution is 0.263. The normalized spacial score (nSPS) is 24.7. The predicted octanol–water partition coefficient (Wildman–Crippen LogP) is 1.54. The number of nitrogens with two attached hydrogens (primary N) is 1. The number of hydrogen-bond acceptors (Lipinski definition) is 5. The first-order chi connectivity index (χ1) is 9.27. The van der Waals surface area contributed by atoms with Gasteiger partial charge in [-0.05, 0) is 42.0 Å². The second-order valence-electron chi connectivity index (χ2n) is 5.39. The lowest BCUT2D eigenvalue weighted by Gasteiger charge is -2.22. The van der Waals surface area contributed by atoms with Gasteiger partial charge in [0.15, 0.2) is 0 Å². The van der Waals surface area contributed by atoms with E-state index in [-0.39, 0.29) is 6.04 Å². The van der Waals surface area contributed by atoms with E-state index in [1.165, 1.54) is 11.3 Å². The Hall–Kier alpha value is 0.01000. The Kier molecular flexibility index (Phi) is 4.93. The molecular weight excluding hydrogens is 362 g/mol. The number of thiophene rings is 1. The Morgan fingerprint density at radius 2 is 2.15 bits per heavy atom. The summed E-state index contributed by atoms with van der Waals surface area (Å²) < 4.78 is 27.7. The van der Waals surface area contributed by atoms with Crippen molar-refractivity contribution in [3.05, 3.63) is 14.7 Å². The van der Waals surface area contributed by atoms with Crippen LogP contribution in [0.4, 0.5) is 0 Å². The van der Waals surface area contributed by atoms with Crippen LogP contribution in [0.5, 0.6) is 0 Å². The van der Waals surface area contributed by atoms with Crippen LogP contribution in [0.1, 0.15) is 11.8 Å². The maximum Gasteiger partial charge on any atom is 0.245 e. The summed E-state index contributed by atoms with van der Waals surface area (Å²) in [5, 5.41) is 0. The van der Waals surface area contributed by atoms with E-state index >= 15 is 0 Å². The van der Waals surface area contributed by atoms with E-state index in [9.17, 15) is 8.42 Å². The molecule has 2 unspecified atom stereocenters. The molecule has 0 radical (unpaired) electrons. The van der Waals surface area contributed by atoms with Crippen molar-refractivity contribution in [1.82, 2.24) is 9.21 Å². The van der Waals surface area contributed by atoms with Gasteiger partial charge >= 0.3 is 0 Å². The SMILES string of the molecule is CC1CN(S(=O)(=O)c2cc(CN)sc2Br)CC1N(C)C. The molecule has 114 valence electrons. The van der Waals surface area contributed by atoms with Crippen LogP contribution >= 0.6 is 27.3 Å². The Morgan fingerprint density at radius 3 is 2.60 bits per heavy atom. The second kappa shape index (κ2) is 6.02. The van der Waals surface area contributed by atoms with E-state index in [1.807, 2.05) is 14.1 Å². The summed E-state index contributed by atoms with van der Waals surface area (Å²) in [5.74, 6) is 0.325. The molecule has 1 saturated heterocycles. The molecule has 0 aromatic carbocycles. The van der Waals surface area contributed by atoms with Crippen molar-refractivity contribution in [2.75, 3.05) is 27.2 Å². The van der Waals surface area contributed by atoms with E-state index in [0.29, 0.717) is 34.2 Å². The number of likely N-dealkylation sites (N-methyl/N-ethyl adjacent to an activating group) is 1. The molecule has 8 heteroatoms. The first kappa shape index (κ1) is 16.4. The van der Waals surface area contributed by atoms with Gasteiger partial charge in [-0.25, -0.2) is 8.42 Å². The van der Waals surface area contributed by atoms with Gasteiger partial charge in [0.1, 0.15) is 4.90 Å². The maximum absolute atomic E-state index is 12.7. The Morgan fingerprint density at radius 1 is 1.50 bits per heavy atom. The van der Waals surface area contributed by atoms with Gasteiger partial charge in [0.05, 0.1) is 3.79 Å². The molecule has 0 bridgehead atoms. The summed E-state index contributed by atoms with van der Waals surface area (Å²) in [7, 11) is 0.537. The minimum atomic E-state index is -3.44. The van der Waals surface area contributed by atoms with Crippen molar-refractivity contribution in [3.8, 4) is 0 Å². The van der Waals surface area contributed by atoms with Crippen LogP contribution in [-0.4, -0.2) is 50.8 Å². The highest BCUT2D eigenvalue weighted by Gasteiger charge is 2.39. The molecule has 0 aliphatic carbocycles. The summed E-state index contributed by atoms with van der Waals surface area (Å²) in [6.07, 6.45) is 0. The van der Waals surface area contributed by atoms with E-state index in [0.717, 1.165) is 4.88 Å². The minimum Gasteiger partial charge on any atom is -0.326 e. The standard InChI is InChI=1S/C12H20BrN3O2S2/c1-8-6-16(7-10(8)15(2)3)20(17,18)11-4-9(5-14)19-12(11)13/h4,8,10H,5-7,14H2,1-3H3. The van der Waals surface area contributed by atoms with Gasteiger partial charge in [-0.15, -0.1) is 11.3 Å². The van der Waals surface area contributed by atoms with Gasteiger partial charge in [0.2, 0.25) is 10.0 Å². The van der Waals surface area contributed by atoms with Crippen LogP contribution in [0.15, 0.2) is 14.7 Å². The van der Waals surface area contributed by atoms with Crippen molar-refractivity contribution in [1.29, 1.82) is 0 Å². The fourth-order valence-corrected chi connectivity index (χ4v) is 6.66. The number of halogens is 1. The topological polar surface area (TPSA) is 66.6 Å². The average Bonchev–Trinajstić information content (AvgIpc) is 2.93. The Labute approximate surface area is 132 Å². The summed E-state index contributed by atoms with van der Waals surface area (Å²) in [4.78, 5) is 3.30. The van der Waals surface area contributed by atoms with Crippen molar-refractivity contribution in [2.45, 2.75) is 24.4 Å². The lowest BCUT2D eigenvalue weighted by Crippen LogP contribution is -2.35. The van der Waals surface area contributed by atoms with E-state index in [2.05, 4.69) is 27.8 Å². The quantitative estimate of drug-likeness (QED) is 0.858. The summed E-state index contributed by atoms with van der Waals surface area (Å²) in [6, 6.07) is 1.94. The zero-order chi connectivity index (χ0) is 15.1. The molecule has 2 N–H and O–H groups in total. The zero-order valence-corrected chi connectivity index (χ0v) is 15.1. The molecule has 2 heterocycles. The molecule has 5 nitrogen and oxygen atoms in total. The van der Waals surface area contributed by atoms with Gasteiger partial charge < -0.3 is 10.6 Å². The second-order valence-corrected chi connectivity index (χ2v) is 9.75. The molecule has 1 aliphatic heterocycles. The first-order valence-electron chi connectivity index (χ1n) is 6.42. The molecule has 0 amide bonds. The molecule has 1 aromatic rings. The fraction of sp³-hybridized carbons (Fsp3) is 0.667. The van der Waals surface area contributed by atoms with Gasteiger partial charge in [-0.1, -0.05) is 6.92 Å². The van der Waals surface area contributed by atoms with Crippen molar-refractivity contribution < 1.29 is 8.42 Å². The Balaban J connectivity index is 2.30. The number of sulfonamides is 1. The lowest BCUT2D eigenvalue weighted by atomic mass is 10.1. The summed E-state index contributed by atoms with van der Waals surface area (Å²) >= 11 is 4.73. The zero-order valence-electron chi connectivity index (χ0n) is 11.8. The van der Waals surface area contributed by atoms with Crippen LogP contribution in [0, 0.1) is 5.92 Å². The smallest absolute Gasteiger partial charge is 0.245 e. The highest BCUT2D eigenvalue weighted by molar-refractivity contribution is 9.11. The molecule has 2 atom stereocenters. The maximum atomic E-state index is 12.7. The Bertz CT molecular complexity index is 586. The van der Waals surface area contributed by atoms with Crippen molar-refractivity contribution in [3.63, 3.8) is 0 Å². The average molecular weight is 382 g/mol. The molecule has 2 rings (SSSR count). The van der Waals surface area contributed by atoms with Gasteiger partial charge in [0.25, 0.3) is 0 Å². The molecule has 0 saturated carbocycles. The predicted molar refractivity (Wildman–Crippen MR) is 85.3 cm³/mol. The third kappa shape index (κ3) is 2.95. The first-order valence-corrected chi connectivity index (χ1v) is 9.47. The molecule has 0 spiro atoms. The molecule has 1 fully saturated rings. The number of nitrogens with zero attached hydrogens (tertiary/aromatic N) is 2. The van der Waals surface area contributed by atoms with Crippen molar-refractivity contribution in [2.24, 2.45) is 11.7 Å². The van der Waals surface area contributed by atoms with E-state index in [4.69, 9.17) is 5.73 Å². The van der Waals surface area contributed by atoms with Crippen molar-refractivity contribution >= 4 is 37.3 Å². The summed E-state index contributed by atoms with van der Waals surface area (Å²) in [5.41, 5.74) is 5.59. The molecule has 1 aromatic heterocycles. The minimum absolute atomic E-state index is 0.260. The van der Waals surface area contributed by atoms with Crippen LogP contribution in [0.2, 0.25) is 0 Å². The number of rotatable bonds is 4. The van der Waals surface area contributed by atoms with Gasteiger partial charge in [-0.2, -0.15) is 4.31 Å². The van der Waals surface area contributed by atoms with Crippen LogP contribution in [0.3, 0.4) is 0 Å². The van der Waals surface area contributed by atoms with Gasteiger partial charge in [0, 0.05) is 30.6 Å². The highest BCUT2D eigenvalue weighted by atomic mass is 79.9. The highest BCUT2D eigenvalue weighted by Crippen LogP contribution is 2.35. The number of hydrogen-bond donors (Lipinski definition) is 1. The fourth-order valence-electron chi connectivity index (χ4n) is 2.59. The monoisotopic (exact) mass is 381 g/mol. The van der Waals surface area contributed by atoms with E-state index < -0.39 is 10.0 Å². The van der Waals surface area contributed by atoms with Crippen LogP contribution in [-0.2, 0) is 16.6 Å². The molecule has 1 aliphatic rings.